The number of alkyl halides is 3. The fourth-order valence-electron chi connectivity index (χ4n) is 2.26. The maximum Gasteiger partial charge on any atom is 0.403 e. The van der Waals surface area contributed by atoms with Crippen LogP contribution in [0.3, 0.4) is 0 Å². The van der Waals surface area contributed by atoms with Crippen molar-refractivity contribution < 1.29 is 35.9 Å². The maximum atomic E-state index is 12.4. The molecule has 1 N–H and O–H groups in total. The smallest absolute Gasteiger partial charge is 0.403 e. The first-order chi connectivity index (χ1) is 13.0. The SMILES string of the molecule is COc1cc(OC)c(NC(=O)c2ccc(S(=O)(=O)CC(F)(F)F)cc2)cc1Cl. The molecule has 0 unspecified atom stereocenters. The Kier molecular flexibility index (Phi) is 6.45. The molecule has 0 saturated carbocycles. The molecule has 0 radical (unpaired) electrons. The molecular weight excluding hydrogens is 423 g/mol. The molecule has 0 aliphatic rings. The van der Waals surface area contributed by atoms with Gasteiger partial charge in [-0.25, -0.2) is 8.42 Å². The summed E-state index contributed by atoms with van der Waals surface area (Å²) >= 11 is 6.02. The molecule has 11 heteroatoms. The van der Waals surface area contributed by atoms with Gasteiger partial charge in [0.05, 0.1) is 29.8 Å². The van der Waals surface area contributed by atoms with Gasteiger partial charge in [0.15, 0.2) is 15.6 Å². The number of nitrogens with one attached hydrogen (secondary N) is 1. The molecule has 28 heavy (non-hydrogen) atoms. The Morgan fingerprint density at radius 2 is 1.64 bits per heavy atom. The summed E-state index contributed by atoms with van der Waals surface area (Å²) in [6.07, 6.45) is -4.86. The van der Waals surface area contributed by atoms with E-state index in [1.807, 2.05) is 0 Å². The van der Waals surface area contributed by atoms with E-state index in [9.17, 15) is 26.4 Å². The van der Waals surface area contributed by atoms with E-state index in [4.69, 9.17) is 21.1 Å². The minimum absolute atomic E-state index is 0.0277. The van der Waals surface area contributed by atoms with E-state index in [0.29, 0.717) is 5.75 Å². The minimum atomic E-state index is -4.86. The van der Waals surface area contributed by atoms with E-state index >= 15 is 0 Å². The van der Waals surface area contributed by atoms with Gasteiger partial charge in [0, 0.05) is 11.6 Å². The second-order valence-corrected chi connectivity index (χ2v) is 7.94. The fourth-order valence-corrected chi connectivity index (χ4v) is 3.65. The standard InChI is InChI=1S/C17H15ClF3NO5S/c1-26-14-8-15(27-2)13(7-12(14)18)22-16(23)10-3-5-11(6-4-10)28(24,25)9-17(19,20)21/h3-8H,9H2,1-2H3,(H,22,23). The summed E-state index contributed by atoms with van der Waals surface area (Å²) in [4.78, 5) is 11.8. The summed E-state index contributed by atoms with van der Waals surface area (Å²) in [6.45, 7) is 0. The largest absolute Gasteiger partial charge is 0.495 e. The summed E-state index contributed by atoms with van der Waals surface area (Å²) in [6, 6.07) is 6.96. The lowest BCUT2D eigenvalue weighted by Crippen LogP contribution is -2.23. The van der Waals surface area contributed by atoms with Gasteiger partial charge in [-0.15, -0.1) is 0 Å². The lowest BCUT2D eigenvalue weighted by atomic mass is 10.2. The van der Waals surface area contributed by atoms with Crippen LogP contribution in [0.5, 0.6) is 11.5 Å². The van der Waals surface area contributed by atoms with Gasteiger partial charge in [-0.2, -0.15) is 13.2 Å². The number of benzene rings is 2. The zero-order valence-electron chi connectivity index (χ0n) is 14.6. The highest BCUT2D eigenvalue weighted by molar-refractivity contribution is 7.91. The van der Waals surface area contributed by atoms with E-state index < -0.39 is 32.6 Å². The van der Waals surface area contributed by atoms with E-state index in [1.54, 1.807) is 0 Å². The van der Waals surface area contributed by atoms with Crippen LogP contribution in [0, 0.1) is 0 Å². The van der Waals surface area contributed by atoms with Crippen LogP contribution in [0.2, 0.25) is 5.02 Å². The Bertz CT molecular complexity index is 976. The lowest BCUT2D eigenvalue weighted by molar-refractivity contribution is -0.106. The van der Waals surface area contributed by atoms with Gasteiger partial charge in [0.1, 0.15) is 11.5 Å². The van der Waals surface area contributed by atoms with Crippen LogP contribution in [0.15, 0.2) is 41.3 Å². The van der Waals surface area contributed by atoms with Gasteiger partial charge in [0.25, 0.3) is 5.91 Å². The number of halogens is 4. The van der Waals surface area contributed by atoms with Crippen LogP contribution in [-0.4, -0.2) is 40.5 Å². The number of anilines is 1. The van der Waals surface area contributed by atoms with Crippen LogP contribution in [0.25, 0.3) is 0 Å². The Balaban J connectivity index is 2.24. The molecule has 0 heterocycles. The normalized spacial score (nSPS) is 11.8. The number of carbonyl (C=O) groups excluding carboxylic acids is 1. The van der Waals surface area contributed by atoms with Gasteiger partial charge in [-0.05, 0) is 30.3 Å². The second-order valence-electron chi connectivity index (χ2n) is 5.54. The van der Waals surface area contributed by atoms with Gasteiger partial charge in [-0.1, -0.05) is 11.6 Å². The van der Waals surface area contributed by atoms with Crippen molar-refractivity contribution in [3.63, 3.8) is 0 Å². The summed E-state index contributed by atoms with van der Waals surface area (Å²) in [7, 11) is -1.77. The minimum Gasteiger partial charge on any atom is -0.495 e. The molecule has 0 fully saturated rings. The van der Waals surface area contributed by atoms with Gasteiger partial charge in [-0.3, -0.25) is 4.79 Å². The fraction of sp³-hybridized carbons (Fsp3) is 0.235. The highest BCUT2D eigenvalue weighted by Gasteiger charge is 2.35. The zero-order valence-corrected chi connectivity index (χ0v) is 16.2. The first kappa shape index (κ1) is 21.8. The average Bonchev–Trinajstić information content (AvgIpc) is 2.60. The molecule has 1 amide bonds. The van der Waals surface area contributed by atoms with E-state index in [0.717, 1.165) is 24.3 Å². The number of rotatable bonds is 6. The molecule has 2 rings (SSSR count). The molecule has 6 nitrogen and oxygen atoms in total. The number of carbonyl (C=O) groups is 1. The number of methoxy groups -OCH3 is 2. The van der Waals surface area contributed by atoms with Crippen LogP contribution in [-0.2, 0) is 9.84 Å². The molecule has 0 aromatic heterocycles. The van der Waals surface area contributed by atoms with Crippen molar-refractivity contribution in [2.45, 2.75) is 11.1 Å². The van der Waals surface area contributed by atoms with Crippen LogP contribution in [0.4, 0.5) is 18.9 Å². The summed E-state index contributed by atoms with van der Waals surface area (Å²) in [5, 5.41) is 2.75. The van der Waals surface area contributed by atoms with Crippen LogP contribution >= 0.6 is 11.6 Å². The predicted octanol–water partition coefficient (Wildman–Crippen LogP) is 3.95. The van der Waals surface area contributed by atoms with Crippen molar-refractivity contribution in [1.82, 2.24) is 0 Å². The maximum absolute atomic E-state index is 12.4. The molecule has 0 aliphatic carbocycles. The first-order valence-corrected chi connectivity index (χ1v) is 9.62. The zero-order chi connectivity index (χ0) is 21.1. The van der Waals surface area contributed by atoms with Crippen LogP contribution in [0.1, 0.15) is 10.4 Å². The third-order valence-electron chi connectivity index (χ3n) is 3.55. The topological polar surface area (TPSA) is 81.7 Å². The molecule has 0 spiro atoms. The van der Waals surface area contributed by atoms with Gasteiger partial charge in [0.2, 0.25) is 0 Å². The number of hydrogen-bond donors (Lipinski definition) is 1. The third kappa shape index (κ3) is 5.29. The molecule has 0 saturated heterocycles. The molecule has 0 bridgehead atoms. The molecule has 0 aliphatic heterocycles. The average molecular weight is 438 g/mol. The summed E-state index contributed by atoms with van der Waals surface area (Å²) in [5.41, 5.74) is 0.257. The summed E-state index contributed by atoms with van der Waals surface area (Å²) in [5.74, 6) is -2.03. The van der Waals surface area contributed by atoms with E-state index in [2.05, 4.69) is 5.32 Å². The monoisotopic (exact) mass is 437 g/mol. The third-order valence-corrected chi connectivity index (χ3v) is 5.54. The number of sulfone groups is 1. The first-order valence-electron chi connectivity index (χ1n) is 7.59. The van der Waals surface area contributed by atoms with Crippen LogP contribution < -0.4 is 14.8 Å². The van der Waals surface area contributed by atoms with Gasteiger partial charge >= 0.3 is 6.18 Å². The molecule has 0 atom stereocenters. The second kappa shape index (κ2) is 8.27. The van der Waals surface area contributed by atoms with Crippen molar-refractivity contribution in [2.75, 3.05) is 25.3 Å². The lowest BCUT2D eigenvalue weighted by Gasteiger charge is -2.13. The number of hydrogen-bond acceptors (Lipinski definition) is 5. The van der Waals surface area contributed by atoms with E-state index in [-0.39, 0.29) is 22.0 Å². The highest BCUT2D eigenvalue weighted by atomic mass is 35.5. The van der Waals surface area contributed by atoms with Crippen molar-refractivity contribution in [3.8, 4) is 11.5 Å². The Labute approximate surface area is 164 Å². The molecule has 2 aromatic rings. The van der Waals surface area contributed by atoms with Crippen molar-refractivity contribution in [2.24, 2.45) is 0 Å². The quantitative estimate of drug-likeness (QED) is 0.740. The Morgan fingerprint density at radius 1 is 1.07 bits per heavy atom. The molecule has 2 aromatic carbocycles. The highest BCUT2D eigenvalue weighted by Crippen LogP contribution is 2.36. The van der Waals surface area contributed by atoms with Crippen molar-refractivity contribution in [1.29, 1.82) is 0 Å². The van der Waals surface area contributed by atoms with E-state index in [1.165, 1.54) is 26.4 Å². The number of amides is 1. The number of ether oxygens (including phenoxy) is 2. The molecular formula is C17H15ClF3NO5S. The summed E-state index contributed by atoms with van der Waals surface area (Å²) < 4.78 is 70.8. The Morgan fingerprint density at radius 3 is 2.14 bits per heavy atom. The van der Waals surface area contributed by atoms with Crippen molar-refractivity contribution in [3.05, 3.63) is 47.0 Å². The Hall–Kier alpha value is -2.46. The molecule has 152 valence electrons. The predicted molar refractivity (Wildman–Crippen MR) is 97.1 cm³/mol. The van der Waals surface area contributed by atoms with Crippen molar-refractivity contribution >= 4 is 33.0 Å². The van der Waals surface area contributed by atoms with Gasteiger partial charge < -0.3 is 14.8 Å².